The minimum absolute atomic E-state index is 0.0723. The van der Waals surface area contributed by atoms with Gasteiger partial charge in [0.05, 0.1) is 11.6 Å². The summed E-state index contributed by atoms with van der Waals surface area (Å²) in [7, 11) is 1.88. The fourth-order valence-corrected chi connectivity index (χ4v) is 4.88. The minimum atomic E-state index is -4.13. The van der Waals surface area contributed by atoms with Crippen LogP contribution in [0.5, 0.6) is 0 Å². The Labute approximate surface area is 190 Å². The number of hydrogen-bond donors (Lipinski definition) is 0. The Balaban J connectivity index is 1.21. The third-order valence-electron chi connectivity index (χ3n) is 7.20. The molecule has 8 heteroatoms. The van der Waals surface area contributed by atoms with Crippen molar-refractivity contribution in [1.29, 1.82) is 0 Å². The van der Waals surface area contributed by atoms with Crippen LogP contribution in [0.2, 0.25) is 0 Å². The Kier molecular flexibility index (Phi) is 5.51. The molecule has 1 saturated carbocycles. The van der Waals surface area contributed by atoms with Crippen molar-refractivity contribution in [3.63, 3.8) is 0 Å². The first-order valence-corrected chi connectivity index (χ1v) is 11.4. The van der Waals surface area contributed by atoms with Gasteiger partial charge in [-0.25, -0.2) is 0 Å². The number of rotatable bonds is 6. The number of aryl methyl sites for hydroxylation is 1. The molecule has 3 heterocycles. The standard InChI is InChI=1S/C25H27F3N4O/c1-31-15-21(14-30-31)18-2-3-19-13-29-22(11-20(19)10-18)12-23(33)17-4-8-32(9-5-17)16-24(6-7-24)25(26,27)28/h2-3,10-11,13-15,17H,4-9,12,16H2,1H3. The molecule has 0 spiro atoms. The second kappa shape index (κ2) is 8.24. The lowest BCUT2D eigenvalue weighted by Crippen LogP contribution is -2.43. The molecule has 2 fully saturated rings. The van der Waals surface area contributed by atoms with Gasteiger partial charge in [-0.05, 0) is 61.9 Å². The van der Waals surface area contributed by atoms with Gasteiger partial charge in [-0.1, -0.05) is 12.1 Å². The molecule has 1 aliphatic heterocycles. The summed E-state index contributed by atoms with van der Waals surface area (Å²) in [5.41, 5.74) is 1.30. The number of aromatic nitrogens is 3. The van der Waals surface area contributed by atoms with E-state index in [4.69, 9.17) is 0 Å². The number of Topliss-reactive ketones (excluding diaryl/α,β-unsaturated/α-hetero) is 1. The highest BCUT2D eigenvalue weighted by molar-refractivity contribution is 5.88. The van der Waals surface area contributed by atoms with Gasteiger partial charge < -0.3 is 4.90 Å². The van der Waals surface area contributed by atoms with E-state index in [0.717, 1.165) is 27.6 Å². The molecule has 0 radical (unpaired) electrons. The highest BCUT2D eigenvalue weighted by Gasteiger charge is 2.63. The van der Waals surface area contributed by atoms with Crippen LogP contribution in [0.25, 0.3) is 21.9 Å². The molecule has 2 aliphatic rings. The number of fused-ring (bicyclic) bond motifs is 1. The van der Waals surface area contributed by atoms with Gasteiger partial charge in [0.15, 0.2) is 0 Å². The first-order valence-electron chi connectivity index (χ1n) is 11.4. The Morgan fingerprint density at radius 2 is 1.85 bits per heavy atom. The van der Waals surface area contributed by atoms with Crippen LogP contribution in [0, 0.1) is 11.3 Å². The summed E-state index contributed by atoms with van der Waals surface area (Å²) in [5, 5.41) is 6.25. The normalized spacial score (nSPS) is 19.2. The molecule has 0 bridgehead atoms. The number of carbonyl (C=O) groups excluding carboxylic acids is 1. The van der Waals surface area contributed by atoms with E-state index in [1.807, 2.05) is 42.5 Å². The monoisotopic (exact) mass is 456 g/mol. The van der Waals surface area contributed by atoms with Gasteiger partial charge in [-0.2, -0.15) is 18.3 Å². The molecule has 33 heavy (non-hydrogen) atoms. The lowest BCUT2D eigenvalue weighted by molar-refractivity contribution is -0.192. The third-order valence-corrected chi connectivity index (χ3v) is 7.20. The number of likely N-dealkylation sites (tertiary alicyclic amines) is 1. The summed E-state index contributed by atoms with van der Waals surface area (Å²) in [4.78, 5) is 19.3. The van der Waals surface area contributed by atoms with Crippen LogP contribution in [0.3, 0.4) is 0 Å². The van der Waals surface area contributed by atoms with Gasteiger partial charge in [-0.15, -0.1) is 0 Å². The Bertz CT molecular complexity index is 1170. The zero-order valence-electron chi connectivity index (χ0n) is 18.6. The number of nitrogens with zero attached hydrogens (tertiary/aromatic N) is 4. The summed E-state index contributed by atoms with van der Waals surface area (Å²) in [6.07, 6.45) is 3.38. The predicted molar refractivity (Wildman–Crippen MR) is 120 cm³/mol. The number of benzene rings is 1. The fraction of sp³-hybridized carbons (Fsp3) is 0.480. The van der Waals surface area contributed by atoms with Crippen molar-refractivity contribution in [2.24, 2.45) is 18.4 Å². The summed E-state index contributed by atoms with van der Waals surface area (Å²) in [6.45, 7) is 1.17. The van der Waals surface area contributed by atoms with Crippen LogP contribution in [0.1, 0.15) is 31.4 Å². The molecular weight excluding hydrogens is 429 g/mol. The van der Waals surface area contributed by atoms with E-state index in [-0.39, 0.29) is 37.5 Å². The first-order chi connectivity index (χ1) is 15.7. The molecule has 5 rings (SSSR count). The van der Waals surface area contributed by atoms with Crippen molar-refractivity contribution >= 4 is 16.6 Å². The fourth-order valence-electron chi connectivity index (χ4n) is 4.88. The minimum Gasteiger partial charge on any atom is -0.302 e. The molecule has 174 valence electrons. The molecule has 0 unspecified atom stereocenters. The molecule has 2 aromatic heterocycles. The van der Waals surface area contributed by atoms with Crippen LogP contribution >= 0.6 is 0 Å². The van der Waals surface area contributed by atoms with Gasteiger partial charge in [-0.3, -0.25) is 14.5 Å². The molecular formula is C25H27F3N4O. The van der Waals surface area contributed by atoms with E-state index in [2.05, 4.69) is 16.1 Å². The van der Waals surface area contributed by atoms with Crippen molar-refractivity contribution in [2.45, 2.75) is 38.3 Å². The van der Waals surface area contributed by atoms with Crippen molar-refractivity contribution in [1.82, 2.24) is 19.7 Å². The molecule has 1 aliphatic carbocycles. The second-order valence-electron chi connectivity index (χ2n) is 9.61. The maximum atomic E-state index is 13.2. The number of pyridine rings is 1. The van der Waals surface area contributed by atoms with Crippen LogP contribution in [-0.2, 0) is 18.3 Å². The number of ketones is 1. The second-order valence-corrected chi connectivity index (χ2v) is 9.61. The molecule has 0 N–H and O–H groups in total. The van der Waals surface area contributed by atoms with E-state index in [0.29, 0.717) is 25.9 Å². The molecule has 0 atom stereocenters. The highest BCUT2D eigenvalue weighted by atomic mass is 19.4. The summed E-state index contributed by atoms with van der Waals surface area (Å²) in [5.74, 6) is 0.0170. The Hall–Kier alpha value is -2.74. The van der Waals surface area contributed by atoms with Crippen LogP contribution in [-0.4, -0.2) is 51.3 Å². The molecule has 1 aromatic carbocycles. The summed E-state index contributed by atoms with van der Waals surface area (Å²) >= 11 is 0. The highest BCUT2D eigenvalue weighted by Crippen LogP contribution is 2.58. The lowest BCUT2D eigenvalue weighted by Gasteiger charge is -2.34. The van der Waals surface area contributed by atoms with Gasteiger partial charge in [0.2, 0.25) is 0 Å². The van der Waals surface area contributed by atoms with Crippen LogP contribution < -0.4 is 0 Å². The lowest BCUT2D eigenvalue weighted by atomic mass is 9.89. The molecule has 0 amide bonds. The number of alkyl halides is 3. The Morgan fingerprint density at radius 3 is 2.48 bits per heavy atom. The van der Waals surface area contributed by atoms with Crippen molar-refractivity contribution in [2.75, 3.05) is 19.6 Å². The van der Waals surface area contributed by atoms with Gasteiger partial charge in [0.25, 0.3) is 0 Å². The SMILES string of the molecule is Cn1cc(-c2ccc3cnc(CC(=O)C4CCN(CC5(C(F)(F)F)CC5)CC4)cc3c2)cn1. The summed E-state index contributed by atoms with van der Waals surface area (Å²) in [6, 6.07) is 8.08. The van der Waals surface area contributed by atoms with E-state index in [1.54, 1.807) is 10.9 Å². The van der Waals surface area contributed by atoms with Crippen molar-refractivity contribution < 1.29 is 18.0 Å². The molecule has 3 aromatic rings. The summed E-state index contributed by atoms with van der Waals surface area (Å²) < 4.78 is 41.5. The largest absolute Gasteiger partial charge is 0.395 e. The number of halogens is 3. The third kappa shape index (κ3) is 4.53. The maximum absolute atomic E-state index is 13.2. The van der Waals surface area contributed by atoms with Crippen molar-refractivity contribution in [3.8, 4) is 11.1 Å². The topological polar surface area (TPSA) is 51.0 Å². The zero-order chi connectivity index (χ0) is 23.2. The van der Waals surface area contributed by atoms with E-state index in [9.17, 15) is 18.0 Å². The number of carbonyl (C=O) groups is 1. The van der Waals surface area contributed by atoms with Crippen LogP contribution in [0.4, 0.5) is 13.2 Å². The average Bonchev–Trinajstić information content (AvgIpc) is 3.45. The van der Waals surface area contributed by atoms with Crippen LogP contribution in [0.15, 0.2) is 42.9 Å². The van der Waals surface area contributed by atoms with E-state index < -0.39 is 11.6 Å². The van der Waals surface area contributed by atoms with Crippen molar-refractivity contribution in [3.05, 3.63) is 48.5 Å². The van der Waals surface area contributed by atoms with Gasteiger partial charge >= 0.3 is 6.18 Å². The first kappa shape index (κ1) is 22.1. The van der Waals surface area contributed by atoms with Gasteiger partial charge in [0, 0.05) is 55.0 Å². The smallest absolute Gasteiger partial charge is 0.302 e. The maximum Gasteiger partial charge on any atom is 0.395 e. The number of piperidine rings is 1. The quantitative estimate of drug-likeness (QED) is 0.535. The zero-order valence-corrected chi connectivity index (χ0v) is 18.6. The van der Waals surface area contributed by atoms with Gasteiger partial charge in [0.1, 0.15) is 5.78 Å². The Morgan fingerprint density at radius 1 is 1.09 bits per heavy atom. The van der Waals surface area contributed by atoms with E-state index in [1.165, 1.54) is 0 Å². The van der Waals surface area contributed by atoms with E-state index >= 15 is 0 Å². The predicted octanol–water partition coefficient (Wildman–Crippen LogP) is 4.80. The molecule has 1 saturated heterocycles. The molecule has 5 nitrogen and oxygen atoms in total. The number of hydrogen-bond acceptors (Lipinski definition) is 4. The average molecular weight is 457 g/mol.